The summed E-state index contributed by atoms with van der Waals surface area (Å²) in [5.41, 5.74) is 0. The molecule has 19 heavy (non-hydrogen) atoms. The van der Waals surface area contributed by atoms with E-state index in [9.17, 15) is 12.8 Å². The maximum absolute atomic E-state index is 13.8. The van der Waals surface area contributed by atoms with Crippen molar-refractivity contribution in [1.29, 1.82) is 0 Å². The second kappa shape index (κ2) is 4.80. The smallest absolute Gasteiger partial charge is 0.246 e. The lowest BCUT2D eigenvalue weighted by molar-refractivity contribution is -0.0115. The number of halogens is 2. The van der Waals surface area contributed by atoms with Crippen molar-refractivity contribution >= 4 is 26.0 Å². The molecule has 2 aliphatic heterocycles. The van der Waals surface area contributed by atoms with E-state index in [0.717, 1.165) is 12.8 Å². The minimum Gasteiger partial charge on any atom is -0.372 e. The Hall–Kier alpha value is -0.500. The SMILES string of the molecule is O=S(=O)(c1ccc(Br)cc1F)N1CC2CCC(C1)O2. The summed E-state index contributed by atoms with van der Waals surface area (Å²) < 4.78 is 46.2. The summed E-state index contributed by atoms with van der Waals surface area (Å²) in [5.74, 6) is -0.729. The summed E-state index contributed by atoms with van der Waals surface area (Å²) in [4.78, 5) is -0.267. The molecule has 0 N–H and O–H groups in total. The van der Waals surface area contributed by atoms with Gasteiger partial charge in [-0.2, -0.15) is 4.31 Å². The molecule has 4 nitrogen and oxygen atoms in total. The number of hydrogen-bond donors (Lipinski definition) is 0. The normalized spacial score (nSPS) is 27.7. The maximum Gasteiger partial charge on any atom is 0.246 e. The van der Waals surface area contributed by atoms with Gasteiger partial charge in [0, 0.05) is 17.6 Å². The van der Waals surface area contributed by atoms with Crippen molar-refractivity contribution in [2.45, 2.75) is 29.9 Å². The molecule has 2 aliphatic rings. The Kier molecular flexibility index (Phi) is 3.41. The molecule has 7 heteroatoms. The van der Waals surface area contributed by atoms with Crippen LogP contribution in [-0.4, -0.2) is 38.0 Å². The van der Waals surface area contributed by atoms with Crippen LogP contribution in [0.3, 0.4) is 0 Å². The lowest BCUT2D eigenvalue weighted by Gasteiger charge is -2.31. The van der Waals surface area contributed by atoms with Crippen molar-refractivity contribution in [3.05, 3.63) is 28.5 Å². The first kappa shape index (κ1) is 13.5. The molecule has 2 atom stereocenters. The van der Waals surface area contributed by atoms with E-state index in [2.05, 4.69) is 15.9 Å². The molecule has 2 heterocycles. The highest BCUT2D eigenvalue weighted by Gasteiger charge is 2.40. The lowest BCUT2D eigenvalue weighted by atomic mass is 10.2. The highest BCUT2D eigenvalue weighted by atomic mass is 79.9. The van der Waals surface area contributed by atoms with E-state index in [-0.39, 0.29) is 17.1 Å². The average Bonchev–Trinajstić information content (AvgIpc) is 2.67. The van der Waals surface area contributed by atoms with E-state index in [1.165, 1.54) is 22.5 Å². The number of sulfonamides is 1. The standard InChI is InChI=1S/C12H13BrFNO3S/c13-8-1-4-12(11(14)5-8)19(16,17)15-6-9-2-3-10(7-15)18-9/h1,4-5,9-10H,2-3,6-7H2. The molecule has 0 amide bonds. The monoisotopic (exact) mass is 349 g/mol. The van der Waals surface area contributed by atoms with Gasteiger partial charge in [0.15, 0.2) is 0 Å². The molecule has 1 aromatic carbocycles. The molecule has 0 spiro atoms. The van der Waals surface area contributed by atoms with Crippen molar-refractivity contribution < 1.29 is 17.5 Å². The van der Waals surface area contributed by atoms with Crippen LogP contribution in [0, 0.1) is 5.82 Å². The Bertz CT molecular complexity index is 595. The fraction of sp³-hybridized carbons (Fsp3) is 0.500. The number of nitrogens with zero attached hydrogens (tertiary/aromatic N) is 1. The Morgan fingerprint density at radius 3 is 2.47 bits per heavy atom. The summed E-state index contributed by atoms with van der Waals surface area (Å²) in [7, 11) is -3.78. The van der Waals surface area contributed by atoms with E-state index in [0.29, 0.717) is 17.6 Å². The summed E-state index contributed by atoms with van der Waals surface area (Å²) in [6, 6.07) is 4.00. The third-order valence-electron chi connectivity index (χ3n) is 3.52. The van der Waals surface area contributed by atoms with Gasteiger partial charge in [-0.25, -0.2) is 12.8 Å². The summed E-state index contributed by atoms with van der Waals surface area (Å²) in [6.07, 6.45) is 1.65. The molecule has 2 fully saturated rings. The number of rotatable bonds is 2. The molecule has 3 rings (SSSR count). The first-order chi connectivity index (χ1) is 8.96. The fourth-order valence-electron chi connectivity index (χ4n) is 2.60. The third kappa shape index (κ3) is 2.44. The molecule has 0 saturated carbocycles. The van der Waals surface area contributed by atoms with E-state index in [4.69, 9.17) is 4.74 Å². The molecule has 2 saturated heterocycles. The predicted octanol–water partition coefficient (Wildman–Crippen LogP) is 2.14. The second-order valence-corrected chi connectivity index (χ2v) is 7.68. The lowest BCUT2D eigenvalue weighted by Crippen LogP contribution is -2.45. The van der Waals surface area contributed by atoms with Crippen molar-refractivity contribution in [3.63, 3.8) is 0 Å². The topological polar surface area (TPSA) is 46.6 Å². The van der Waals surface area contributed by atoms with E-state index < -0.39 is 15.8 Å². The van der Waals surface area contributed by atoms with Crippen molar-refractivity contribution in [2.75, 3.05) is 13.1 Å². The van der Waals surface area contributed by atoms with Crippen LogP contribution < -0.4 is 0 Å². The summed E-state index contributed by atoms with van der Waals surface area (Å²) in [6.45, 7) is 0.628. The van der Waals surface area contributed by atoms with E-state index in [1.807, 2.05) is 0 Å². The van der Waals surface area contributed by atoms with Crippen LogP contribution in [0.5, 0.6) is 0 Å². The van der Waals surface area contributed by atoms with Crippen LogP contribution in [0.4, 0.5) is 4.39 Å². The zero-order chi connectivity index (χ0) is 13.6. The Labute approximate surface area is 119 Å². The van der Waals surface area contributed by atoms with Gasteiger partial charge in [-0.15, -0.1) is 0 Å². The first-order valence-corrected chi connectivity index (χ1v) is 8.31. The summed E-state index contributed by atoms with van der Waals surface area (Å²) in [5, 5.41) is 0. The van der Waals surface area contributed by atoms with E-state index >= 15 is 0 Å². The molecule has 0 aliphatic carbocycles. The van der Waals surface area contributed by atoms with Gasteiger partial charge in [0.25, 0.3) is 0 Å². The van der Waals surface area contributed by atoms with Gasteiger partial charge in [0.1, 0.15) is 10.7 Å². The van der Waals surface area contributed by atoms with Crippen LogP contribution in [0.1, 0.15) is 12.8 Å². The minimum atomic E-state index is -3.78. The van der Waals surface area contributed by atoms with E-state index in [1.54, 1.807) is 0 Å². The van der Waals surface area contributed by atoms with Crippen LogP contribution in [0.2, 0.25) is 0 Å². The fourth-order valence-corrected chi connectivity index (χ4v) is 4.48. The second-order valence-electron chi connectivity index (χ2n) is 4.85. The quantitative estimate of drug-likeness (QED) is 0.821. The maximum atomic E-state index is 13.8. The average molecular weight is 350 g/mol. The zero-order valence-corrected chi connectivity index (χ0v) is 12.5. The Morgan fingerprint density at radius 1 is 1.26 bits per heavy atom. The molecule has 2 bridgehead atoms. The highest BCUT2D eigenvalue weighted by Crippen LogP contribution is 2.31. The van der Waals surface area contributed by atoms with Crippen LogP contribution in [-0.2, 0) is 14.8 Å². The van der Waals surface area contributed by atoms with Crippen LogP contribution >= 0.6 is 15.9 Å². The van der Waals surface area contributed by atoms with Crippen molar-refractivity contribution in [1.82, 2.24) is 4.31 Å². The molecule has 2 unspecified atom stereocenters. The minimum absolute atomic E-state index is 0.0490. The number of hydrogen-bond acceptors (Lipinski definition) is 3. The Balaban J connectivity index is 1.94. The molecule has 1 aromatic rings. The molecule has 0 aromatic heterocycles. The number of ether oxygens (including phenoxy) is 1. The molecule has 104 valence electrons. The van der Waals surface area contributed by atoms with Gasteiger partial charge in [-0.05, 0) is 31.0 Å². The van der Waals surface area contributed by atoms with Crippen molar-refractivity contribution in [3.8, 4) is 0 Å². The molecular formula is C12H13BrFNO3S. The molecule has 0 radical (unpaired) electrons. The van der Waals surface area contributed by atoms with Gasteiger partial charge < -0.3 is 4.74 Å². The predicted molar refractivity (Wildman–Crippen MR) is 70.8 cm³/mol. The first-order valence-electron chi connectivity index (χ1n) is 6.07. The van der Waals surface area contributed by atoms with Gasteiger partial charge in [0.2, 0.25) is 10.0 Å². The van der Waals surface area contributed by atoms with Gasteiger partial charge >= 0.3 is 0 Å². The third-order valence-corrected chi connectivity index (χ3v) is 5.88. The highest BCUT2D eigenvalue weighted by molar-refractivity contribution is 9.10. The van der Waals surface area contributed by atoms with Gasteiger partial charge in [0.05, 0.1) is 12.2 Å². The molecular weight excluding hydrogens is 337 g/mol. The van der Waals surface area contributed by atoms with Crippen LogP contribution in [0.25, 0.3) is 0 Å². The number of morpholine rings is 1. The van der Waals surface area contributed by atoms with Gasteiger partial charge in [-0.1, -0.05) is 15.9 Å². The largest absolute Gasteiger partial charge is 0.372 e. The zero-order valence-electron chi connectivity index (χ0n) is 10.1. The number of benzene rings is 1. The van der Waals surface area contributed by atoms with Crippen LogP contribution in [0.15, 0.2) is 27.6 Å². The van der Waals surface area contributed by atoms with Crippen molar-refractivity contribution in [2.24, 2.45) is 0 Å². The van der Waals surface area contributed by atoms with Gasteiger partial charge in [-0.3, -0.25) is 0 Å². The Morgan fingerprint density at radius 2 is 1.89 bits per heavy atom. The summed E-state index contributed by atoms with van der Waals surface area (Å²) >= 11 is 3.12. The number of fused-ring (bicyclic) bond motifs is 2.